The van der Waals surface area contributed by atoms with Gasteiger partial charge >= 0.3 is 18.0 Å². The second-order valence-corrected chi connectivity index (χ2v) is 12.6. The predicted octanol–water partition coefficient (Wildman–Crippen LogP) is 5.16. The van der Waals surface area contributed by atoms with Crippen molar-refractivity contribution in [1.29, 1.82) is 0 Å². The van der Waals surface area contributed by atoms with Crippen LogP contribution in [-0.2, 0) is 44.5 Å². The molecule has 0 saturated heterocycles. The second-order valence-electron chi connectivity index (χ2n) is 12.6. The van der Waals surface area contributed by atoms with E-state index in [0.717, 1.165) is 6.29 Å². The number of amides is 1. The Hall–Kier alpha value is -5.13. The summed E-state index contributed by atoms with van der Waals surface area (Å²) >= 11 is 0. The second kappa shape index (κ2) is 17.7. The largest absolute Gasteiger partial charge is 0.463 e. The van der Waals surface area contributed by atoms with Gasteiger partial charge in [-0.2, -0.15) is 0 Å². The summed E-state index contributed by atoms with van der Waals surface area (Å²) in [5.41, 5.74) is -0.508. The smallest absolute Gasteiger partial charge is 0.415 e. The minimum Gasteiger partial charge on any atom is -0.463 e. The Morgan fingerprint density at radius 3 is 2.22 bits per heavy atom. The van der Waals surface area contributed by atoms with Crippen LogP contribution in [0.15, 0.2) is 36.7 Å². The van der Waals surface area contributed by atoms with Crippen LogP contribution in [0.3, 0.4) is 0 Å². The lowest BCUT2D eigenvalue weighted by Gasteiger charge is -2.31. The summed E-state index contributed by atoms with van der Waals surface area (Å²) in [5.74, 6) is 1.36. The van der Waals surface area contributed by atoms with E-state index < -0.39 is 41.6 Å². The van der Waals surface area contributed by atoms with Gasteiger partial charge in [-0.1, -0.05) is 30.3 Å². The zero-order chi connectivity index (χ0) is 37.9. The minimum atomic E-state index is -2.17. The van der Waals surface area contributed by atoms with Crippen LogP contribution in [-0.4, -0.2) is 88.0 Å². The lowest BCUT2D eigenvalue weighted by atomic mass is 9.92. The van der Waals surface area contributed by atoms with Gasteiger partial charge in [-0.05, 0) is 66.5 Å². The number of hydrogen-bond acceptors (Lipinski definition) is 12. The zero-order valence-electron chi connectivity index (χ0n) is 30.7. The molecule has 0 spiro atoms. The monoisotopic (exact) mass is 705 g/mol. The molecule has 0 radical (unpaired) electrons. The van der Waals surface area contributed by atoms with E-state index in [0.29, 0.717) is 33.7 Å². The normalized spacial score (nSPS) is 13.2. The van der Waals surface area contributed by atoms with Crippen molar-refractivity contribution in [2.24, 2.45) is 0 Å². The Bertz CT molecular complexity index is 1750. The lowest BCUT2D eigenvalue weighted by Crippen LogP contribution is -2.54. The fraction of sp³-hybridized carbons (Fsp3) is 0.486. The van der Waals surface area contributed by atoms with Gasteiger partial charge in [0, 0.05) is 19.0 Å². The summed E-state index contributed by atoms with van der Waals surface area (Å²) in [6.07, 6.45) is 7.33. The Balaban J connectivity index is 1.94. The summed E-state index contributed by atoms with van der Waals surface area (Å²) in [4.78, 5) is 66.1. The number of ether oxygens (including phenoxy) is 5. The van der Waals surface area contributed by atoms with Crippen molar-refractivity contribution in [2.45, 2.75) is 91.8 Å². The van der Waals surface area contributed by atoms with E-state index in [9.17, 15) is 19.2 Å². The number of benzene rings is 1. The van der Waals surface area contributed by atoms with Crippen LogP contribution in [0.1, 0.15) is 78.1 Å². The number of imidazole rings is 1. The summed E-state index contributed by atoms with van der Waals surface area (Å²) in [7, 11) is 1.53. The molecule has 51 heavy (non-hydrogen) atoms. The molecule has 3 rings (SSSR count). The van der Waals surface area contributed by atoms with Crippen LogP contribution in [0.2, 0.25) is 0 Å². The van der Waals surface area contributed by atoms with Gasteiger partial charge in [-0.3, -0.25) is 14.3 Å². The van der Waals surface area contributed by atoms with E-state index in [1.807, 2.05) is 0 Å². The number of nitrogens with zero attached hydrogens (tertiary/aromatic N) is 5. The third kappa shape index (κ3) is 9.99. The molecule has 1 aromatic carbocycles. The summed E-state index contributed by atoms with van der Waals surface area (Å²) in [6, 6.07) is 6.83. The number of allylic oxidation sites excluding steroid dienone is 2. The zero-order valence-corrected chi connectivity index (χ0v) is 30.7. The molecule has 274 valence electrons. The summed E-state index contributed by atoms with van der Waals surface area (Å²) in [5, 5.41) is 0. The minimum absolute atomic E-state index is 0.0113. The highest BCUT2D eigenvalue weighted by Crippen LogP contribution is 2.29. The van der Waals surface area contributed by atoms with E-state index in [1.165, 1.54) is 18.3 Å². The first-order chi connectivity index (χ1) is 24.1. The quantitative estimate of drug-likeness (QED) is 0.0482. The average molecular weight is 706 g/mol. The third-order valence-electron chi connectivity index (χ3n) is 7.45. The standard InChI is InChI=1S/C37H47N5O9/c1-11-15-29(42-23-38-30-31(39-25(6)40-32(30)42)41(10)35(46)51-36(7,8)9)50-24(5)22-49-37(33(44)47-13-3,34(45)48-14-4)20-26-16-18-28(19-17-26)27(12-2)21-43/h1,12,16-19,21,23-24,29H,13-15,20,22H2,2-10H3/b27-12+. The molecule has 0 bridgehead atoms. The number of esters is 2. The Morgan fingerprint density at radius 1 is 1.06 bits per heavy atom. The SMILES string of the molecule is C#CCC(OC(C)COC(Cc1ccc(/C(C=O)=C/C)cc1)(C(=O)OCC)C(=O)OCC)n1cnc2c(N(C)C(=O)OC(C)(C)C)nc(C)nc21. The molecule has 14 heteroatoms. The Labute approximate surface area is 298 Å². The van der Waals surface area contributed by atoms with Gasteiger partial charge in [0.1, 0.15) is 23.9 Å². The molecule has 1 amide bonds. The first-order valence-electron chi connectivity index (χ1n) is 16.6. The fourth-order valence-corrected chi connectivity index (χ4v) is 5.05. The van der Waals surface area contributed by atoms with Crippen molar-refractivity contribution in [3.05, 3.63) is 53.6 Å². The van der Waals surface area contributed by atoms with Gasteiger partial charge in [0.15, 0.2) is 17.0 Å². The summed E-state index contributed by atoms with van der Waals surface area (Å²) in [6.45, 7) is 13.4. The van der Waals surface area contributed by atoms with Crippen molar-refractivity contribution >= 4 is 46.9 Å². The number of carbonyl (C=O) groups is 4. The number of rotatable bonds is 16. The highest BCUT2D eigenvalue weighted by molar-refractivity contribution is 6.07. The number of carbonyl (C=O) groups excluding carboxylic acids is 4. The molecule has 0 aliphatic heterocycles. The van der Waals surface area contributed by atoms with Crippen molar-refractivity contribution < 1.29 is 42.9 Å². The third-order valence-corrected chi connectivity index (χ3v) is 7.45. The van der Waals surface area contributed by atoms with Gasteiger partial charge in [0.25, 0.3) is 5.60 Å². The van der Waals surface area contributed by atoms with E-state index in [1.54, 1.807) is 90.3 Å². The highest BCUT2D eigenvalue weighted by atomic mass is 16.6. The number of fused-ring (bicyclic) bond motifs is 1. The van der Waals surface area contributed by atoms with Crippen LogP contribution >= 0.6 is 0 Å². The molecule has 0 aliphatic rings. The summed E-state index contributed by atoms with van der Waals surface area (Å²) < 4.78 is 30.3. The van der Waals surface area contributed by atoms with Crippen LogP contribution in [0, 0.1) is 19.3 Å². The fourth-order valence-electron chi connectivity index (χ4n) is 5.05. The highest BCUT2D eigenvalue weighted by Gasteiger charge is 2.51. The van der Waals surface area contributed by atoms with Crippen LogP contribution < -0.4 is 4.90 Å². The van der Waals surface area contributed by atoms with Gasteiger partial charge < -0.3 is 23.7 Å². The van der Waals surface area contributed by atoms with E-state index in [2.05, 4.69) is 20.9 Å². The topological polar surface area (TPSA) is 161 Å². The molecular formula is C37H47N5O9. The van der Waals surface area contributed by atoms with Crippen LogP contribution in [0.5, 0.6) is 0 Å². The maximum absolute atomic E-state index is 13.5. The number of aldehydes is 1. The van der Waals surface area contributed by atoms with E-state index in [-0.39, 0.29) is 38.5 Å². The first-order valence-corrected chi connectivity index (χ1v) is 16.6. The molecule has 2 aromatic heterocycles. The van der Waals surface area contributed by atoms with Crippen LogP contribution in [0.4, 0.5) is 10.6 Å². The van der Waals surface area contributed by atoms with E-state index in [4.69, 9.17) is 30.1 Å². The average Bonchev–Trinajstić information content (AvgIpc) is 3.50. The van der Waals surface area contributed by atoms with Crippen LogP contribution in [0.25, 0.3) is 16.7 Å². The molecule has 0 N–H and O–H groups in total. The van der Waals surface area contributed by atoms with Gasteiger partial charge in [-0.15, -0.1) is 12.3 Å². The molecule has 2 atom stereocenters. The number of terminal acetylenes is 1. The molecule has 0 aliphatic carbocycles. The lowest BCUT2D eigenvalue weighted by molar-refractivity contribution is -0.196. The van der Waals surface area contributed by atoms with Gasteiger partial charge in [0.05, 0.1) is 38.7 Å². The molecule has 0 saturated carbocycles. The van der Waals surface area contributed by atoms with Crippen molar-refractivity contribution in [3.63, 3.8) is 0 Å². The van der Waals surface area contributed by atoms with Gasteiger partial charge in [-0.25, -0.2) is 29.3 Å². The number of hydrogen-bond donors (Lipinski definition) is 0. The Kier molecular flexibility index (Phi) is 14.0. The molecule has 3 aromatic rings. The van der Waals surface area contributed by atoms with Crippen molar-refractivity contribution in [1.82, 2.24) is 19.5 Å². The molecule has 14 nitrogen and oxygen atoms in total. The molecular weight excluding hydrogens is 658 g/mol. The van der Waals surface area contributed by atoms with E-state index >= 15 is 0 Å². The molecule has 2 heterocycles. The maximum Gasteiger partial charge on any atom is 0.415 e. The molecule has 2 unspecified atom stereocenters. The first kappa shape index (κ1) is 40.3. The number of aryl methyl sites for hydroxylation is 1. The molecule has 0 fully saturated rings. The van der Waals surface area contributed by atoms with Crippen molar-refractivity contribution in [3.8, 4) is 12.3 Å². The predicted molar refractivity (Wildman–Crippen MR) is 190 cm³/mol. The van der Waals surface area contributed by atoms with Crippen molar-refractivity contribution in [2.75, 3.05) is 31.8 Å². The Morgan fingerprint density at radius 2 is 1.69 bits per heavy atom. The number of aromatic nitrogens is 4. The van der Waals surface area contributed by atoms with Gasteiger partial charge in [0.2, 0.25) is 0 Å². The maximum atomic E-state index is 13.5. The number of anilines is 1.